The van der Waals surface area contributed by atoms with Crippen LogP contribution in [0, 0.1) is 0 Å². The molecule has 0 saturated carbocycles. The third kappa shape index (κ3) is 4.93. The van der Waals surface area contributed by atoms with Gasteiger partial charge in [-0.1, -0.05) is 140 Å². The number of nitrogens with zero attached hydrogens (tertiary/aromatic N) is 1. The third-order valence-electron chi connectivity index (χ3n) is 9.91. The Morgan fingerprint density at radius 3 is 1.80 bits per heavy atom. The number of para-hydroxylation sites is 2. The van der Waals surface area contributed by atoms with Crippen LogP contribution in [-0.2, 0) is 0 Å². The van der Waals surface area contributed by atoms with Crippen LogP contribution in [0.15, 0.2) is 192 Å². The van der Waals surface area contributed by atoms with E-state index >= 15 is 0 Å². The predicted octanol–water partition coefficient (Wildman–Crippen LogP) is 14.4. The fourth-order valence-electron chi connectivity index (χ4n) is 7.64. The maximum atomic E-state index is 6.43. The highest BCUT2D eigenvalue weighted by Gasteiger charge is 2.23. The quantitative estimate of drug-likeness (QED) is 0.175. The van der Waals surface area contributed by atoms with E-state index in [0.717, 1.165) is 44.6 Å². The van der Waals surface area contributed by atoms with Gasteiger partial charge in [0.25, 0.3) is 0 Å². The number of rotatable bonds is 6. The van der Waals surface area contributed by atoms with Crippen molar-refractivity contribution in [1.29, 1.82) is 0 Å². The molecule has 2 aromatic heterocycles. The first-order valence-corrected chi connectivity index (χ1v) is 18.1. The minimum Gasteiger partial charge on any atom is -0.456 e. The van der Waals surface area contributed by atoms with Crippen LogP contribution in [0.3, 0.4) is 0 Å². The van der Waals surface area contributed by atoms with Gasteiger partial charge in [-0.15, -0.1) is 11.3 Å². The number of thiophene rings is 1. The summed E-state index contributed by atoms with van der Waals surface area (Å²) in [6, 6.07) is 67.4. The van der Waals surface area contributed by atoms with Crippen molar-refractivity contribution in [3.8, 4) is 33.4 Å². The summed E-state index contributed by atoms with van der Waals surface area (Å²) in [4.78, 5) is 2.41. The molecule has 0 fully saturated rings. The minimum absolute atomic E-state index is 0.869. The van der Waals surface area contributed by atoms with Crippen molar-refractivity contribution < 1.29 is 4.42 Å². The highest BCUT2D eigenvalue weighted by Crippen LogP contribution is 2.48. The molecule has 51 heavy (non-hydrogen) atoms. The molecule has 2 nitrogen and oxygen atoms in total. The third-order valence-corrected chi connectivity index (χ3v) is 11.0. The van der Waals surface area contributed by atoms with Crippen molar-refractivity contribution in [2.75, 3.05) is 4.90 Å². The zero-order valence-corrected chi connectivity index (χ0v) is 28.5. The Kier molecular flexibility index (Phi) is 7.04. The maximum absolute atomic E-state index is 6.43. The lowest BCUT2D eigenvalue weighted by atomic mass is 9.93. The summed E-state index contributed by atoms with van der Waals surface area (Å²) in [6.07, 6.45) is 0. The predicted molar refractivity (Wildman–Crippen MR) is 218 cm³/mol. The molecule has 0 amide bonds. The Morgan fingerprint density at radius 1 is 0.353 bits per heavy atom. The largest absolute Gasteiger partial charge is 0.456 e. The molecule has 2 heterocycles. The summed E-state index contributed by atoms with van der Waals surface area (Å²) < 4.78 is 9.05. The summed E-state index contributed by atoms with van der Waals surface area (Å²) in [7, 11) is 0. The standard InChI is InChI=1S/C48H31NOS/c1-2-14-32(15-3-1)35-16-4-5-17-37(35)38-18-6-9-22-41(38)49(42-23-13-25-44-48(42)39-19-7-10-24-43(39)50-44)34-30-28-33(29-31-34)36-21-12-27-46-47(36)40-20-8-11-26-45(40)51-46/h1-31H. The molecule has 0 aliphatic carbocycles. The molecule has 8 aromatic carbocycles. The van der Waals surface area contributed by atoms with Crippen molar-refractivity contribution in [1.82, 2.24) is 0 Å². The number of hydrogen-bond acceptors (Lipinski definition) is 3. The number of anilines is 3. The van der Waals surface area contributed by atoms with E-state index in [1.165, 1.54) is 48.0 Å². The Labute approximate surface area is 300 Å². The zero-order valence-electron chi connectivity index (χ0n) is 27.7. The van der Waals surface area contributed by atoms with Crippen molar-refractivity contribution in [3.05, 3.63) is 188 Å². The fraction of sp³-hybridized carbons (Fsp3) is 0. The van der Waals surface area contributed by atoms with Crippen molar-refractivity contribution >= 4 is 70.5 Å². The van der Waals surface area contributed by atoms with E-state index in [1.54, 1.807) is 0 Å². The Balaban J connectivity index is 1.20. The Morgan fingerprint density at radius 2 is 0.941 bits per heavy atom. The number of fused-ring (bicyclic) bond motifs is 6. The average molecular weight is 670 g/mol. The van der Waals surface area contributed by atoms with Gasteiger partial charge in [0.1, 0.15) is 11.2 Å². The molecular formula is C48H31NOS. The van der Waals surface area contributed by atoms with Gasteiger partial charge in [0.15, 0.2) is 0 Å². The van der Waals surface area contributed by atoms with E-state index < -0.39 is 0 Å². The number of benzene rings is 8. The first kappa shape index (κ1) is 29.5. The van der Waals surface area contributed by atoms with Crippen LogP contribution in [0.2, 0.25) is 0 Å². The molecule has 0 bridgehead atoms. The van der Waals surface area contributed by atoms with Crippen LogP contribution in [0.1, 0.15) is 0 Å². The van der Waals surface area contributed by atoms with Gasteiger partial charge in [-0.2, -0.15) is 0 Å². The van der Waals surface area contributed by atoms with Crippen LogP contribution in [0.5, 0.6) is 0 Å². The topological polar surface area (TPSA) is 16.4 Å². The Bertz CT molecular complexity index is 2860. The van der Waals surface area contributed by atoms with Crippen molar-refractivity contribution in [2.45, 2.75) is 0 Å². The minimum atomic E-state index is 0.869. The summed E-state index contributed by atoms with van der Waals surface area (Å²) in [6.45, 7) is 0. The van der Waals surface area contributed by atoms with E-state index in [4.69, 9.17) is 4.42 Å². The second-order valence-corrected chi connectivity index (χ2v) is 13.9. The highest BCUT2D eigenvalue weighted by molar-refractivity contribution is 7.25. The first-order valence-electron chi connectivity index (χ1n) is 17.3. The molecule has 240 valence electrons. The lowest BCUT2D eigenvalue weighted by Crippen LogP contribution is -2.11. The lowest BCUT2D eigenvalue weighted by molar-refractivity contribution is 0.669. The number of furan rings is 1. The molecule has 0 radical (unpaired) electrons. The molecule has 0 aliphatic rings. The van der Waals surface area contributed by atoms with Gasteiger partial charge in [0, 0.05) is 36.8 Å². The van der Waals surface area contributed by atoms with E-state index in [-0.39, 0.29) is 0 Å². The average Bonchev–Trinajstić information content (AvgIpc) is 3.78. The maximum Gasteiger partial charge on any atom is 0.137 e. The van der Waals surface area contributed by atoms with E-state index in [1.807, 2.05) is 17.4 Å². The highest BCUT2D eigenvalue weighted by atomic mass is 32.1. The van der Waals surface area contributed by atoms with Gasteiger partial charge < -0.3 is 9.32 Å². The molecular weight excluding hydrogens is 639 g/mol. The molecule has 0 atom stereocenters. The molecule has 10 aromatic rings. The lowest BCUT2D eigenvalue weighted by Gasteiger charge is -2.29. The van der Waals surface area contributed by atoms with Crippen LogP contribution in [-0.4, -0.2) is 0 Å². The number of hydrogen-bond donors (Lipinski definition) is 0. The van der Waals surface area contributed by atoms with Gasteiger partial charge >= 0.3 is 0 Å². The molecule has 3 heteroatoms. The van der Waals surface area contributed by atoms with Crippen molar-refractivity contribution in [2.24, 2.45) is 0 Å². The van der Waals surface area contributed by atoms with Crippen LogP contribution in [0.25, 0.3) is 75.5 Å². The Hall–Kier alpha value is -6.42. The molecule has 0 spiro atoms. The molecule has 10 rings (SSSR count). The molecule has 0 unspecified atom stereocenters. The second-order valence-electron chi connectivity index (χ2n) is 12.8. The molecule has 0 N–H and O–H groups in total. The smallest absolute Gasteiger partial charge is 0.137 e. The first-order chi connectivity index (χ1) is 25.3. The van der Waals surface area contributed by atoms with Gasteiger partial charge in [0.2, 0.25) is 0 Å². The van der Waals surface area contributed by atoms with Gasteiger partial charge in [0.05, 0.1) is 16.8 Å². The SMILES string of the molecule is c1ccc(-c2ccccc2-c2ccccc2N(c2ccc(-c3cccc4sc5ccccc5c34)cc2)c2cccc3oc4ccccc4c23)cc1. The van der Waals surface area contributed by atoms with Gasteiger partial charge in [-0.25, -0.2) is 0 Å². The zero-order chi connectivity index (χ0) is 33.7. The molecule has 0 aliphatic heterocycles. The van der Waals surface area contributed by atoms with Crippen molar-refractivity contribution in [3.63, 3.8) is 0 Å². The van der Waals surface area contributed by atoms with Gasteiger partial charge in [-0.3, -0.25) is 0 Å². The van der Waals surface area contributed by atoms with Crippen LogP contribution >= 0.6 is 11.3 Å². The summed E-state index contributed by atoms with van der Waals surface area (Å²) >= 11 is 1.86. The summed E-state index contributed by atoms with van der Waals surface area (Å²) in [5.74, 6) is 0. The second kappa shape index (κ2) is 12.2. The monoisotopic (exact) mass is 669 g/mol. The summed E-state index contributed by atoms with van der Waals surface area (Å²) in [5, 5.41) is 4.82. The van der Waals surface area contributed by atoms with Gasteiger partial charge in [-0.05, 0) is 76.3 Å². The van der Waals surface area contributed by atoms with E-state index in [0.29, 0.717) is 0 Å². The summed E-state index contributed by atoms with van der Waals surface area (Å²) in [5.41, 5.74) is 12.2. The fourth-order valence-corrected chi connectivity index (χ4v) is 8.77. The van der Waals surface area contributed by atoms with E-state index in [2.05, 4.69) is 187 Å². The normalized spacial score (nSPS) is 11.5. The van der Waals surface area contributed by atoms with E-state index in [9.17, 15) is 0 Å². The van der Waals surface area contributed by atoms with Crippen LogP contribution < -0.4 is 4.90 Å². The van der Waals surface area contributed by atoms with Crippen LogP contribution in [0.4, 0.5) is 17.1 Å². The molecule has 0 saturated heterocycles.